The van der Waals surface area contributed by atoms with Gasteiger partial charge in [-0.15, -0.1) is 0 Å². The number of anilines is 1. The quantitative estimate of drug-likeness (QED) is 0.453. The van der Waals surface area contributed by atoms with Gasteiger partial charge < -0.3 is 11.1 Å². The van der Waals surface area contributed by atoms with Crippen LogP contribution in [-0.2, 0) is 6.42 Å². The Hall–Kier alpha value is -2.23. The normalized spacial score (nSPS) is 24.8. The second-order valence-corrected chi connectivity index (χ2v) is 6.58. The first kappa shape index (κ1) is 14.4. The molecule has 114 valence electrons. The van der Waals surface area contributed by atoms with E-state index in [-0.39, 0.29) is 5.84 Å². The average Bonchev–Trinajstić information content (AvgIpc) is 2.59. The minimum Gasteiger partial charge on any atom is -0.384 e. The minimum absolute atomic E-state index is 0.120. The number of rotatable bonds is 2. The van der Waals surface area contributed by atoms with Crippen LogP contribution in [0.2, 0.25) is 6.32 Å². The van der Waals surface area contributed by atoms with Crippen LogP contribution in [0.5, 0.6) is 0 Å². The zero-order chi connectivity index (χ0) is 16.0. The maximum Gasteiger partial charge on any atom is 0.122 e. The number of hydrogen-bond donors (Lipinski definition) is 3. The fourth-order valence-corrected chi connectivity index (χ4v) is 4.28. The molecule has 0 spiro atoms. The summed E-state index contributed by atoms with van der Waals surface area (Å²) in [7, 11) is 6.05. The molecule has 0 saturated heterocycles. The highest BCUT2D eigenvalue weighted by Gasteiger charge is 2.39. The van der Waals surface area contributed by atoms with E-state index in [4.69, 9.17) is 19.0 Å². The van der Waals surface area contributed by atoms with Gasteiger partial charge in [0.2, 0.25) is 0 Å². The van der Waals surface area contributed by atoms with E-state index in [1.165, 1.54) is 16.7 Å². The summed E-state index contributed by atoms with van der Waals surface area (Å²) in [5, 5.41) is 11.3. The Morgan fingerprint density at radius 2 is 2.04 bits per heavy atom. The Bertz CT molecular complexity index is 771. The number of nitrogen functional groups attached to an aromatic ring is 1. The van der Waals surface area contributed by atoms with Gasteiger partial charge in [-0.25, -0.2) is 0 Å². The Balaban J connectivity index is 1.91. The first-order valence-corrected chi connectivity index (χ1v) is 8.22. The Kier molecular flexibility index (Phi) is 3.40. The van der Waals surface area contributed by atoms with Gasteiger partial charge >= 0.3 is 0 Å². The summed E-state index contributed by atoms with van der Waals surface area (Å²) in [5.41, 5.74) is 11.7. The van der Waals surface area contributed by atoms with Gasteiger partial charge in [-0.3, -0.25) is 5.41 Å². The van der Waals surface area contributed by atoms with Gasteiger partial charge in [-0.05, 0) is 53.6 Å². The molecule has 2 aromatic carbocycles. The van der Waals surface area contributed by atoms with Crippen LogP contribution in [0.4, 0.5) is 5.69 Å². The molecule has 3 nitrogen and oxygen atoms in total. The van der Waals surface area contributed by atoms with Crippen molar-refractivity contribution in [2.75, 3.05) is 5.32 Å². The van der Waals surface area contributed by atoms with Crippen LogP contribution in [0.25, 0.3) is 0 Å². The molecular formula is C19H20BN3. The number of fused-ring (bicyclic) bond motifs is 5. The fourth-order valence-electron chi connectivity index (χ4n) is 4.28. The third-order valence-electron chi connectivity index (χ3n) is 5.37. The SMILES string of the molecule is [B]C[C@@H]1Nc2ccc(C(=N)N)cc2C2c3ccccc3CC[C@H]21. The van der Waals surface area contributed by atoms with E-state index in [0.717, 1.165) is 24.1 Å². The molecule has 2 aromatic rings. The zero-order valence-corrected chi connectivity index (χ0v) is 13.0. The maximum atomic E-state index is 7.74. The highest BCUT2D eigenvalue weighted by atomic mass is 14.9. The lowest BCUT2D eigenvalue weighted by molar-refractivity contribution is 0.357. The molecule has 4 N–H and O–H groups in total. The van der Waals surface area contributed by atoms with E-state index in [9.17, 15) is 0 Å². The number of aryl methyl sites for hydroxylation is 1. The van der Waals surface area contributed by atoms with Gasteiger partial charge in [0.05, 0.1) is 7.85 Å². The third kappa shape index (κ3) is 2.24. The summed E-state index contributed by atoms with van der Waals surface area (Å²) in [5.74, 6) is 0.947. The summed E-state index contributed by atoms with van der Waals surface area (Å²) in [6, 6.07) is 15.1. The summed E-state index contributed by atoms with van der Waals surface area (Å²) in [4.78, 5) is 0. The standard InChI is InChI=1S/C19H20BN3/c20-10-17-14-7-5-11-3-1-2-4-13(11)18(14)15-9-12(19(21)22)6-8-16(15)23-17/h1-4,6,8-9,14,17-18,23H,5,7,10H2,(H3,21,22)/t14-,17-,18?/m0/s1. The molecule has 0 saturated carbocycles. The number of amidine groups is 1. The molecule has 1 heterocycles. The van der Waals surface area contributed by atoms with Gasteiger partial charge in [0.1, 0.15) is 5.84 Å². The second-order valence-electron chi connectivity index (χ2n) is 6.58. The lowest BCUT2D eigenvalue weighted by atomic mass is 9.65. The van der Waals surface area contributed by atoms with Gasteiger partial charge in [0.25, 0.3) is 0 Å². The molecule has 23 heavy (non-hydrogen) atoms. The predicted octanol–water partition coefficient (Wildman–Crippen LogP) is 3.05. The van der Waals surface area contributed by atoms with Gasteiger partial charge in [-0.1, -0.05) is 30.6 Å². The summed E-state index contributed by atoms with van der Waals surface area (Å²) >= 11 is 0. The van der Waals surface area contributed by atoms with E-state index in [1.807, 2.05) is 12.1 Å². The Morgan fingerprint density at radius 1 is 1.22 bits per heavy atom. The second kappa shape index (κ2) is 5.45. The predicted molar refractivity (Wildman–Crippen MR) is 95.5 cm³/mol. The van der Waals surface area contributed by atoms with Crippen molar-refractivity contribution in [2.24, 2.45) is 11.7 Å². The monoisotopic (exact) mass is 301 g/mol. The topological polar surface area (TPSA) is 61.9 Å². The molecule has 0 bridgehead atoms. The van der Waals surface area contributed by atoms with E-state index in [1.54, 1.807) is 0 Å². The number of nitrogens with two attached hydrogens (primary N) is 1. The molecule has 1 aliphatic heterocycles. The highest BCUT2D eigenvalue weighted by molar-refractivity contribution is 6.09. The van der Waals surface area contributed by atoms with Gasteiger partial charge in [0.15, 0.2) is 0 Å². The average molecular weight is 301 g/mol. The van der Waals surface area contributed by atoms with E-state index >= 15 is 0 Å². The number of nitrogens with one attached hydrogen (secondary N) is 2. The fraction of sp³-hybridized carbons (Fsp3) is 0.316. The van der Waals surface area contributed by atoms with Gasteiger partial charge in [0, 0.05) is 23.2 Å². The van der Waals surface area contributed by atoms with Gasteiger partial charge in [-0.2, -0.15) is 0 Å². The lowest BCUT2D eigenvalue weighted by Crippen LogP contribution is -2.40. The molecule has 1 unspecified atom stereocenters. The van der Waals surface area contributed by atoms with Crippen LogP contribution >= 0.6 is 0 Å². The van der Waals surface area contributed by atoms with Crippen molar-refractivity contribution >= 4 is 19.4 Å². The largest absolute Gasteiger partial charge is 0.384 e. The molecule has 1 aliphatic carbocycles. The first-order valence-electron chi connectivity index (χ1n) is 8.22. The molecule has 0 amide bonds. The number of hydrogen-bond acceptors (Lipinski definition) is 2. The summed E-state index contributed by atoms with van der Waals surface area (Å²) in [6.45, 7) is 0. The molecule has 2 aliphatic rings. The van der Waals surface area contributed by atoms with Crippen molar-refractivity contribution in [3.63, 3.8) is 0 Å². The summed E-state index contributed by atoms with van der Waals surface area (Å²) < 4.78 is 0. The van der Waals surface area contributed by atoms with Crippen molar-refractivity contribution in [2.45, 2.75) is 31.1 Å². The first-order chi connectivity index (χ1) is 11.2. The lowest BCUT2D eigenvalue weighted by Gasteiger charge is -2.44. The van der Waals surface area contributed by atoms with Crippen LogP contribution in [0, 0.1) is 11.3 Å². The molecule has 2 radical (unpaired) electrons. The minimum atomic E-state index is 0.120. The Labute approximate surface area is 138 Å². The zero-order valence-electron chi connectivity index (χ0n) is 13.0. The van der Waals surface area contributed by atoms with Crippen LogP contribution in [0.3, 0.4) is 0 Å². The summed E-state index contributed by atoms with van der Waals surface area (Å²) in [6.07, 6.45) is 2.88. The van der Waals surface area contributed by atoms with Crippen molar-refractivity contribution in [3.8, 4) is 0 Å². The van der Waals surface area contributed by atoms with E-state index in [2.05, 4.69) is 35.6 Å². The molecular weight excluding hydrogens is 281 g/mol. The molecule has 0 aromatic heterocycles. The van der Waals surface area contributed by atoms with Crippen LogP contribution < -0.4 is 11.1 Å². The van der Waals surface area contributed by atoms with Crippen molar-refractivity contribution in [1.82, 2.24) is 0 Å². The van der Waals surface area contributed by atoms with Crippen LogP contribution in [-0.4, -0.2) is 19.7 Å². The van der Waals surface area contributed by atoms with Crippen LogP contribution in [0.1, 0.15) is 34.6 Å². The van der Waals surface area contributed by atoms with E-state index in [0.29, 0.717) is 24.2 Å². The van der Waals surface area contributed by atoms with Crippen LogP contribution in [0.15, 0.2) is 42.5 Å². The Morgan fingerprint density at radius 3 is 2.83 bits per heavy atom. The van der Waals surface area contributed by atoms with Crippen molar-refractivity contribution in [3.05, 3.63) is 64.7 Å². The molecule has 0 fully saturated rings. The van der Waals surface area contributed by atoms with Crippen molar-refractivity contribution in [1.29, 1.82) is 5.41 Å². The molecule has 3 atom stereocenters. The third-order valence-corrected chi connectivity index (χ3v) is 5.37. The van der Waals surface area contributed by atoms with E-state index < -0.39 is 0 Å². The smallest absolute Gasteiger partial charge is 0.122 e. The maximum absolute atomic E-state index is 7.74. The van der Waals surface area contributed by atoms with Crippen molar-refractivity contribution < 1.29 is 0 Å². The number of benzene rings is 2. The molecule has 4 heteroatoms. The highest BCUT2D eigenvalue weighted by Crippen LogP contribution is 2.49. The molecule has 4 rings (SSSR count).